The molecule has 2 aromatic heterocycles. The summed E-state index contributed by atoms with van der Waals surface area (Å²) >= 11 is 1.58. The molecule has 0 amide bonds. The third-order valence-electron chi connectivity index (χ3n) is 4.22. The van der Waals surface area contributed by atoms with Crippen LogP contribution < -0.4 is 9.46 Å². The van der Waals surface area contributed by atoms with E-state index >= 15 is 0 Å². The number of nitrogens with one attached hydrogen (secondary N) is 1. The van der Waals surface area contributed by atoms with Gasteiger partial charge in [-0.3, -0.25) is 4.98 Å². The number of aromatic nitrogens is 1. The molecule has 0 unspecified atom stereocenters. The highest BCUT2D eigenvalue weighted by atomic mass is 32.2. The zero-order valence-corrected chi connectivity index (χ0v) is 17.1. The Kier molecular flexibility index (Phi) is 5.94. The molecule has 0 spiro atoms. The summed E-state index contributed by atoms with van der Waals surface area (Å²) in [6.45, 7) is 3.80. The molecule has 5 nitrogen and oxygen atoms in total. The maximum Gasteiger partial charge on any atom is 0.244 e. The molecular formula is C20H22N2O3S2. The molecule has 0 bridgehead atoms. The van der Waals surface area contributed by atoms with Crippen molar-refractivity contribution in [1.29, 1.82) is 0 Å². The van der Waals surface area contributed by atoms with E-state index in [2.05, 4.69) is 9.71 Å². The van der Waals surface area contributed by atoms with Crippen LogP contribution in [0.25, 0.3) is 0 Å². The normalized spacial score (nSPS) is 12.7. The van der Waals surface area contributed by atoms with Crippen LogP contribution in [0.1, 0.15) is 28.4 Å². The molecule has 0 aliphatic heterocycles. The summed E-state index contributed by atoms with van der Waals surface area (Å²) in [5, 5.41) is 4.00. The zero-order valence-electron chi connectivity index (χ0n) is 15.5. The van der Waals surface area contributed by atoms with Crippen molar-refractivity contribution in [3.8, 4) is 5.75 Å². The minimum atomic E-state index is -3.80. The molecule has 2 heterocycles. The lowest BCUT2D eigenvalue weighted by Gasteiger charge is -2.19. The Morgan fingerprint density at radius 1 is 1.15 bits per heavy atom. The number of rotatable bonds is 7. The van der Waals surface area contributed by atoms with E-state index in [1.54, 1.807) is 29.7 Å². The van der Waals surface area contributed by atoms with Crippen LogP contribution >= 0.6 is 11.3 Å². The molecule has 0 radical (unpaired) electrons. The van der Waals surface area contributed by atoms with Gasteiger partial charge >= 0.3 is 0 Å². The predicted molar refractivity (Wildman–Crippen MR) is 108 cm³/mol. The molecule has 3 aromatic rings. The van der Waals surface area contributed by atoms with E-state index in [4.69, 9.17) is 4.74 Å². The maximum atomic E-state index is 13.1. The van der Waals surface area contributed by atoms with Crippen LogP contribution in [0.2, 0.25) is 0 Å². The minimum Gasteiger partial charge on any atom is -0.495 e. The van der Waals surface area contributed by atoms with E-state index in [1.807, 2.05) is 48.9 Å². The van der Waals surface area contributed by atoms with Crippen LogP contribution in [0.15, 0.2) is 58.3 Å². The van der Waals surface area contributed by atoms with Gasteiger partial charge in [-0.15, -0.1) is 0 Å². The maximum absolute atomic E-state index is 13.1. The number of methoxy groups -OCH3 is 1. The fourth-order valence-electron chi connectivity index (χ4n) is 2.78. The lowest BCUT2D eigenvalue weighted by Crippen LogP contribution is -2.31. The standard InChI is InChI=1S/C20H22N2O3S2/c1-14-5-7-19(25-3)20(10-14)27(23,24)22-18(11-16-8-9-26-13-16)17-6-4-15(2)12-21-17/h4-10,12-13,18,22H,11H2,1-3H3/t18-/m1/s1. The molecule has 3 rings (SSSR count). The van der Waals surface area contributed by atoms with Gasteiger partial charge in [0.15, 0.2) is 0 Å². The van der Waals surface area contributed by atoms with Crippen molar-refractivity contribution in [2.75, 3.05) is 7.11 Å². The Morgan fingerprint density at radius 2 is 1.93 bits per heavy atom. The molecule has 1 aromatic carbocycles. The molecule has 7 heteroatoms. The van der Waals surface area contributed by atoms with Crippen molar-refractivity contribution in [3.63, 3.8) is 0 Å². The first-order valence-electron chi connectivity index (χ1n) is 8.49. The highest BCUT2D eigenvalue weighted by Crippen LogP contribution is 2.27. The first-order valence-corrected chi connectivity index (χ1v) is 10.9. The lowest BCUT2D eigenvalue weighted by molar-refractivity contribution is 0.401. The zero-order chi connectivity index (χ0) is 19.4. The highest BCUT2D eigenvalue weighted by Gasteiger charge is 2.26. The van der Waals surface area contributed by atoms with E-state index in [1.165, 1.54) is 7.11 Å². The fraction of sp³-hybridized carbons (Fsp3) is 0.250. The molecule has 0 saturated heterocycles. The van der Waals surface area contributed by atoms with Gasteiger partial charge in [-0.2, -0.15) is 11.3 Å². The second-order valence-corrected chi connectivity index (χ2v) is 8.89. The number of hydrogen-bond donors (Lipinski definition) is 1. The van der Waals surface area contributed by atoms with Gasteiger partial charge in [0.2, 0.25) is 10.0 Å². The van der Waals surface area contributed by atoms with E-state index < -0.39 is 16.1 Å². The Bertz CT molecular complexity index is 998. The number of thiophene rings is 1. The van der Waals surface area contributed by atoms with Crippen molar-refractivity contribution < 1.29 is 13.2 Å². The fourth-order valence-corrected chi connectivity index (χ4v) is 4.93. The topological polar surface area (TPSA) is 68.3 Å². The SMILES string of the molecule is COc1ccc(C)cc1S(=O)(=O)N[C@H](Cc1ccsc1)c1ccc(C)cn1. The summed E-state index contributed by atoms with van der Waals surface area (Å²) in [6, 6.07) is 10.4. The molecule has 0 aliphatic carbocycles. The molecule has 27 heavy (non-hydrogen) atoms. The van der Waals surface area contributed by atoms with Crippen molar-refractivity contribution in [2.45, 2.75) is 31.2 Å². The summed E-state index contributed by atoms with van der Waals surface area (Å²) in [7, 11) is -2.33. The molecule has 0 aliphatic rings. The Hall–Kier alpha value is -2.22. The summed E-state index contributed by atoms with van der Waals surface area (Å²) in [5.41, 5.74) is 3.61. The van der Waals surface area contributed by atoms with Crippen molar-refractivity contribution in [2.24, 2.45) is 0 Å². The molecule has 1 atom stereocenters. The monoisotopic (exact) mass is 402 g/mol. The number of ether oxygens (including phenoxy) is 1. The summed E-state index contributed by atoms with van der Waals surface area (Å²) in [4.78, 5) is 4.57. The number of hydrogen-bond acceptors (Lipinski definition) is 5. The van der Waals surface area contributed by atoms with Crippen LogP contribution in [0, 0.1) is 13.8 Å². The largest absolute Gasteiger partial charge is 0.495 e. The van der Waals surface area contributed by atoms with Crippen molar-refractivity contribution in [1.82, 2.24) is 9.71 Å². The van der Waals surface area contributed by atoms with Crippen molar-refractivity contribution >= 4 is 21.4 Å². The quantitative estimate of drug-likeness (QED) is 0.648. The van der Waals surface area contributed by atoms with Gasteiger partial charge in [-0.1, -0.05) is 12.1 Å². The Morgan fingerprint density at radius 3 is 2.56 bits per heavy atom. The first kappa shape index (κ1) is 19.5. The molecule has 0 saturated carbocycles. The summed E-state index contributed by atoms with van der Waals surface area (Å²) < 4.78 is 34.3. The van der Waals surface area contributed by atoms with Gasteiger partial charge in [0, 0.05) is 6.20 Å². The number of benzene rings is 1. The van der Waals surface area contributed by atoms with E-state index in [0.29, 0.717) is 17.9 Å². The van der Waals surface area contributed by atoms with Crippen LogP contribution in [0.5, 0.6) is 5.75 Å². The molecule has 1 N–H and O–H groups in total. The Labute approximate surface area is 164 Å². The first-order chi connectivity index (χ1) is 12.9. The second-order valence-electron chi connectivity index (χ2n) is 6.42. The number of pyridine rings is 1. The van der Waals surface area contributed by atoms with Gasteiger partial charge in [0.25, 0.3) is 0 Å². The van der Waals surface area contributed by atoms with Crippen LogP contribution in [0.3, 0.4) is 0 Å². The summed E-state index contributed by atoms with van der Waals surface area (Å²) in [6.07, 6.45) is 2.27. The number of sulfonamides is 1. The highest BCUT2D eigenvalue weighted by molar-refractivity contribution is 7.89. The van der Waals surface area contributed by atoms with E-state index in [0.717, 1.165) is 16.7 Å². The number of nitrogens with zero attached hydrogens (tertiary/aromatic N) is 1. The molecule has 0 fully saturated rings. The van der Waals surface area contributed by atoms with Gasteiger partial charge in [0.1, 0.15) is 10.6 Å². The third kappa shape index (κ3) is 4.74. The average molecular weight is 403 g/mol. The van der Waals surface area contributed by atoms with Crippen LogP contribution in [-0.2, 0) is 16.4 Å². The van der Waals surface area contributed by atoms with Crippen LogP contribution in [-0.4, -0.2) is 20.5 Å². The lowest BCUT2D eigenvalue weighted by atomic mass is 10.1. The Balaban J connectivity index is 1.97. The molecule has 142 valence electrons. The van der Waals surface area contributed by atoms with E-state index in [-0.39, 0.29) is 4.90 Å². The molecular weight excluding hydrogens is 380 g/mol. The van der Waals surface area contributed by atoms with Crippen molar-refractivity contribution in [3.05, 3.63) is 75.7 Å². The van der Waals surface area contributed by atoms with Gasteiger partial charge < -0.3 is 4.74 Å². The number of aryl methyl sites for hydroxylation is 2. The third-order valence-corrected chi connectivity index (χ3v) is 6.44. The smallest absolute Gasteiger partial charge is 0.244 e. The van der Waals surface area contributed by atoms with Gasteiger partial charge in [-0.05, 0) is 72.0 Å². The minimum absolute atomic E-state index is 0.132. The van der Waals surface area contributed by atoms with Crippen LogP contribution in [0.4, 0.5) is 0 Å². The van der Waals surface area contributed by atoms with Gasteiger partial charge in [-0.25, -0.2) is 13.1 Å². The van der Waals surface area contributed by atoms with E-state index in [9.17, 15) is 8.42 Å². The second kappa shape index (κ2) is 8.21. The van der Waals surface area contributed by atoms with Gasteiger partial charge in [0.05, 0.1) is 18.8 Å². The average Bonchev–Trinajstić information content (AvgIpc) is 3.15. The summed E-state index contributed by atoms with van der Waals surface area (Å²) in [5.74, 6) is 0.319. The predicted octanol–water partition coefficient (Wildman–Crippen LogP) is 4.03.